The molecule has 0 heterocycles. The van der Waals surface area contributed by atoms with Gasteiger partial charge in [-0.3, -0.25) is 4.79 Å². The minimum absolute atomic E-state index is 0.166. The van der Waals surface area contributed by atoms with Crippen LogP contribution in [0.5, 0.6) is 0 Å². The Morgan fingerprint density at radius 2 is 1.75 bits per heavy atom. The molecule has 0 unspecified atom stereocenters. The van der Waals surface area contributed by atoms with E-state index in [1.54, 1.807) is 6.07 Å². The molecule has 1 N–H and O–H groups in total. The van der Waals surface area contributed by atoms with Crippen LogP contribution < -0.4 is 0 Å². The molecule has 0 saturated heterocycles. The van der Waals surface area contributed by atoms with Crippen molar-refractivity contribution >= 4 is 5.78 Å². The van der Waals surface area contributed by atoms with Gasteiger partial charge in [0, 0.05) is 5.56 Å². The lowest BCUT2D eigenvalue weighted by molar-refractivity contribution is 0.0277. The van der Waals surface area contributed by atoms with E-state index >= 15 is 0 Å². The van der Waals surface area contributed by atoms with E-state index in [1.165, 1.54) is 0 Å². The zero-order chi connectivity index (χ0) is 12.3. The second-order valence-corrected chi connectivity index (χ2v) is 4.37. The third kappa shape index (κ3) is 2.33. The molecule has 1 aromatic carbocycles. The van der Waals surface area contributed by atoms with Gasteiger partial charge in [0.05, 0.1) is 0 Å². The number of carbonyl (C=O) groups excluding carboxylic acids is 1. The van der Waals surface area contributed by atoms with Crippen LogP contribution in [0.3, 0.4) is 0 Å². The number of hydrogen-bond acceptors (Lipinski definition) is 2. The fourth-order valence-electron chi connectivity index (χ4n) is 1.72. The minimum atomic E-state index is -1.21. The monoisotopic (exact) mass is 220 g/mol. The van der Waals surface area contributed by atoms with Gasteiger partial charge in [0.1, 0.15) is 5.60 Å². The molecule has 16 heavy (non-hydrogen) atoms. The molecule has 0 bridgehead atoms. The second kappa shape index (κ2) is 4.79. The third-order valence-corrected chi connectivity index (χ3v) is 3.36. The summed E-state index contributed by atoms with van der Waals surface area (Å²) in [4.78, 5) is 12.1. The van der Waals surface area contributed by atoms with E-state index in [-0.39, 0.29) is 5.78 Å². The predicted octanol–water partition coefficient (Wildman–Crippen LogP) is 3.04. The highest BCUT2D eigenvalue weighted by molar-refractivity contribution is 6.02. The van der Waals surface area contributed by atoms with Gasteiger partial charge in [0.15, 0.2) is 5.78 Å². The molecule has 88 valence electrons. The summed E-state index contributed by atoms with van der Waals surface area (Å²) in [6, 6.07) is 5.57. The van der Waals surface area contributed by atoms with Crippen molar-refractivity contribution in [1.82, 2.24) is 0 Å². The lowest BCUT2D eigenvalue weighted by Crippen LogP contribution is -2.37. The molecule has 0 amide bonds. The summed E-state index contributed by atoms with van der Waals surface area (Å²) in [5, 5.41) is 10.2. The molecule has 1 aromatic rings. The summed E-state index contributed by atoms with van der Waals surface area (Å²) in [5.74, 6) is -0.166. The fraction of sp³-hybridized carbons (Fsp3) is 0.500. The van der Waals surface area contributed by atoms with E-state index in [4.69, 9.17) is 0 Å². The number of carbonyl (C=O) groups is 1. The molecular formula is C14H20O2. The molecule has 0 aliphatic heterocycles. The summed E-state index contributed by atoms with van der Waals surface area (Å²) in [6.45, 7) is 7.66. The maximum absolute atomic E-state index is 12.1. The third-order valence-electron chi connectivity index (χ3n) is 3.36. The van der Waals surface area contributed by atoms with Gasteiger partial charge in [-0.25, -0.2) is 0 Å². The zero-order valence-electron chi connectivity index (χ0n) is 10.5. The first-order valence-corrected chi connectivity index (χ1v) is 5.79. The molecule has 0 fully saturated rings. The van der Waals surface area contributed by atoms with Gasteiger partial charge < -0.3 is 5.11 Å². The Hall–Kier alpha value is -1.15. The van der Waals surface area contributed by atoms with E-state index in [9.17, 15) is 9.90 Å². The minimum Gasteiger partial charge on any atom is -0.382 e. The summed E-state index contributed by atoms with van der Waals surface area (Å²) >= 11 is 0. The van der Waals surface area contributed by atoms with Crippen LogP contribution in [0.25, 0.3) is 0 Å². The lowest BCUT2D eigenvalue weighted by Gasteiger charge is -2.23. The van der Waals surface area contributed by atoms with Gasteiger partial charge in [-0.05, 0) is 43.9 Å². The fourth-order valence-corrected chi connectivity index (χ4v) is 1.72. The van der Waals surface area contributed by atoms with Gasteiger partial charge in [-0.1, -0.05) is 26.0 Å². The number of rotatable bonds is 4. The van der Waals surface area contributed by atoms with Crippen molar-refractivity contribution in [3.05, 3.63) is 34.9 Å². The Balaban J connectivity index is 3.09. The van der Waals surface area contributed by atoms with Crippen LogP contribution in [-0.2, 0) is 0 Å². The predicted molar refractivity (Wildman–Crippen MR) is 65.8 cm³/mol. The highest BCUT2D eigenvalue weighted by Crippen LogP contribution is 2.22. The molecule has 0 saturated carbocycles. The van der Waals surface area contributed by atoms with Crippen LogP contribution in [0.15, 0.2) is 18.2 Å². The van der Waals surface area contributed by atoms with Gasteiger partial charge >= 0.3 is 0 Å². The number of benzene rings is 1. The number of aliphatic hydroxyl groups is 1. The lowest BCUT2D eigenvalue weighted by atomic mass is 9.87. The van der Waals surface area contributed by atoms with Gasteiger partial charge in [-0.15, -0.1) is 0 Å². The Bertz CT molecular complexity index is 390. The molecule has 2 nitrogen and oxygen atoms in total. The van der Waals surface area contributed by atoms with Crippen molar-refractivity contribution in [3.8, 4) is 0 Å². The Morgan fingerprint density at radius 3 is 2.19 bits per heavy atom. The average Bonchev–Trinajstić information content (AvgIpc) is 2.30. The molecule has 2 heteroatoms. The van der Waals surface area contributed by atoms with Crippen molar-refractivity contribution in [2.45, 2.75) is 46.1 Å². The van der Waals surface area contributed by atoms with Gasteiger partial charge in [0.25, 0.3) is 0 Å². The number of hydrogen-bond donors (Lipinski definition) is 1. The quantitative estimate of drug-likeness (QED) is 0.792. The van der Waals surface area contributed by atoms with Crippen molar-refractivity contribution in [2.75, 3.05) is 0 Å². The number of ketones is 1. The SMILES string of the molecule is CCC(O)(CC)C(=O)c1ccc(C)c(C)c1. The number of aryl methyl sites for hydroxylation is 2. The smallest absolute Gasteiger partial charge is 0.194 e. The average molecular weight is 220 g/mol. The van der Waals surface area contributed by atoms with Crippen molar-refractivity contribution in [2.24, 2.45) is 0 Å². The normalized spacial score (nSPS) is 11.6. The summed E-state index contributed by atoms with van der Waals surface area (Å²) in [6.07, 6.45) is 0.907. The molecule has 0 atom stereocenters. The van der Waals surface area contributed by atoms with E-state index < -0.39 is 5.60 Å². The van der Waals surface area contributed by atoms with Crippen LogP contribution in [0, 0.1) is 13.8 Å². The van der Waals surface area contributed by atoms with Crippen LogP contribution in [0.1, 0.15) is 48.2 Å². The molecule has 0 radical (unpaired) electrons. The Labute approximate surface area is 97.3 Å². The standard InChI is InChI=1S/C14H20O2/c1-5-14(16,6-2)13(15)12-8-7-10(3)11(4)9-12/h7-9,16H,5-6H2,1-4H3. The topological polar surface area (TPSA) is 37.3 Å². The maximum Gasteiger partial charge on any atom is 0.194 e. The van der Waals surface area contributed by atoms with Crippen LogP contribution >= 0.6 is 0 Å². The Morgan fingerprint density at radius 1 is 1.19 bits per heavy atom. The van der Waals surface area contributed by atoms with Gasteiger partial charge in [0.2, 0.25) is 0 Å². The van der Waals surface area contributed by atoms with Crippen molar-refractivity contribution < 1.29 is 9.90 Å². The highest BCUT2D eigenvalue weighted by Gasteiger charge is 2.32. The molecule has 0 aliphatic carbocycles. The van der Waals surface area contributed by atoms with Crippen molar-refractivity contribution in [1.29, 1.82) is 0 Å². The first-order valence-electron chi connectivity index (χ1n) is 5.79. The molecule has 1 rings (SSSR count). The zero-order valence-corrected chi connectivity index (χ0v) is 10.5. The first kappa shape index (κ1) is 12.9. The summed E-state index contributed by atoms with van der Waals surface area (Å²) < 4.78 is 0. The second-order valence-electron chi connectivity index (χ2n) is 4.37. The van der Waals surface area contributed by atoms with Gasteiger partial charge in [-0.2, -0.15) is 0 Å². The van der Waals surface area contributed by atoms with E-state index in [2.05, 4.69) is 0 Å². The summed E-state index contributed by atoms with van der Waals surface area (Å²) in [7, 11) is 0. The largest absolute Gasteiger partial charge is 0.382 e. The molecule has 0 aromatic heterocycles. The Kier molecular flexibility index (Phi) is 3.87. The van der Waals surface area contributed by atoms with E-state index in [0.717, 1.165) is 11.1 Å². The first-order chi connectivity index (χ1) is 7.44. The van der Waals surface area contributed by atoms with Crippen LogP contribution in [-0.4, -0.2) is 16.5 Å². The van der Waals surface area contributed by atoms with Crippen LogP contribution in [0.2, 0.25) is 0 Å². The molecule has 0 spiro atoms. The molecule has 0 aliphatic rings. The number of Topliss-reactive ketones (excluding diaryl/α,β-unsaturated/α-hetero) is 1. The van der Waals surface area contributed by atoms with E-state index in [0.29, 0.717) is 18.4 Å². The summed E-state index contributed by atoms with van der Waals surface area (Å²) in [5.41, 5.74) is 1.64. The maximum atomic E-state index is 12.1. The van der Waals surface area contributed by atoms with Crippen LogP contribution in [0.4, 0.5) is 0 Å². The molecular weight excluding hydrogens is 200 g/mol. The van der Waals surface area contributed by atoms with E-state index in [1.807, 2.05) is 39.8 Å². The van der Waals surface area contributed by atoms with Crippen molar-refractivity contribution in [3.63, 3.8) is 0 Å². The highest BCUT2D eigenvalue weighted by atomic mass is 16.3.